The third-order valence-corrected chi connectivity index (χ3v) is 7.59. The fourth-order valence-electron chi connectivity index (χ4n) is 5.12. The normalized spacial score (nSPS) is 13.8. The molecule has 4 unspecified atom stereocenters. The van der Waals surface area contributed by atoms with Crippen LogP contribution in [0.4, 0.5) is 0 Å². The number of rotatable bonds is 17. The Bertz CT molecular complexity index is 1560. The van der Waals surface area contributed by atoms with Crippen molar-refractivity contribution in [3.8, 4) is 0 Å². The maximum Gasteiger partial charge on any atom is 0.243 e. The van der Waals surface area contributed by atoms with Crippen molar-refractivity contribution >= 4 is 34.5 Å². The van der Waals surface area contributed by atoms with Crippen LogP contribution in [0.1, 0.15) is 36.1 Å². The first-order valence-corrected chi connectivity index (χ1v) is 15.0. The lowest BCUT2D eigenvalue weighted by molar-refractivity contribution is -0.133. The number of hydrogen-bond donors (Lipinski definition) is 8. The van der Waals surface area contributed by atoms with Gasteiger partial charge >= 0.3 is 0 Å². The van der Waals surface area contributed by atoms with Crippen LogP contribution < -0.4 is 33.2 Å². The molecule has 4 rings (SSSR count). The average Bonchev–Trinajstić information content (AvgIpc) is 3.70. The van der Waals surface area contributed by atoms with Crippen molar-refractivity contribution in [1.82, 2.24) is 30.9 Å². The molecule has 0 aliphatic rings. The Labute approximate surface area is 261 Å². The number of fused-ring (bicyclic) bond motifs is 1. The summed E-state index contributed by atoms with van der Waals surface area (Å²) in [6, 6.07) is 12.7. The summed E-state index contributed by atoms with van der Waals surface area (Å²) >= 11 is 0. The lowest BCUT2D eigenvalue weighted by atomic mass is 10.0. The molecule has 0 saturated carbocycles. The molecular formula is C32H41N9O4. The molecule has 238 valence electrons. The Morgan fingerprint density at radius 3 is 2.13 bits per heavy atom. The van der Waals surface area contributed by atoms with Crippen molar-refractivity contribution in [2.75, 3.05) is 6.54 Å². The maximum atomic E-state index is 13.9. The predicted octanol–water partition coefficient (Wildman–Crippen LogP) is 0.315. The minimum Gasteiger partial charge on any atom is -0.368 e. The van der Waals surface area contributed by atoms with Gasteiger partial charge in [0.05, 0.1) is 12.4 Å². The third kappa shape index (κ3) is 9.49. The third-order valence-electron chi connectivity index (χ3n) is 7.59. The summed E-state index contributed by atoms with van der Waals surface area (Å²) in [5, 5.41) is 9.21. The van der Waals surface area contributed by atoms with Crippen molar-refractivity contribution in [1.29, 1.82) is 0 Å². The van der Waals surface area contributed by atoms with E-state index in [0.29, 0.717) is 31.5 Å². The van der Waals surface area contributed by atoms with E-state index in [4.69, 9.17) is 17.2 Å². The Morgan fingerprint density at radius 1 is 0.778 bits per heavy atom. The number of amides is 4. The van der Waals surface area contributed by atoms with E-state index in [1.54, 1.807) is 12.4 Å². The van der Waals surface area contributed by atoms with Crippen LogP contribution in [-0.2, 0) is 38.4 Å². The number of nitrogens with one attached hydrogen (secondary N) is 5. The quantitative estimate of drug-likeness (QED) is 0.0775. The molecular weight excluding hydrogens is 574 g/mol. The van der Waals surface area contributed by atoms with Crippen LogP contribution in [0.5, 0.6) is 0 Å². The number of nitrogens with zero attached hydrogens (tertiary/aromatic N) is 1. The minimum atomic E-state index is -1.08. The lowest BCUT2D eigenvalue weighted by Gasteiger charge is -2.25. The van der Waals surface area contributed by atoms with Gasteiger partial charge in [-0.15, -0.1) is 0 Å². The van der Waals surface area contributed by atoms with E-state index in [9.17, 15) is 19.2 Å². The van der Waals surface area contributed by atoms with E-state index in [1.165, 1.54) is 6.33 Å². The van der Waals surface area contributed by atoms with Crippen LogP contribution in [-0.4, -0.2) is 69.3 Å². The Morgan fingerprint density at radius 2 is 1.44 bits per heavy atom. The molecule has 0 saturated heterocycles. The molecule has 4 aromatic rings. The van der Waals surface area contributed by atoms with Crippen LogP contribution in [0, 0.1) is 0 Å². The smallest absolute Gasteiger partial charge is 0.243 e. The second kappa shape index (κ2) is 16.2. The van der Waals surface area contributed by atoms with Gasteiger partial charge < -0.3 is 43.1 Å². The molecule has 4 amide bonds. The average molecular weight is 616 g/mol. The molecule has 0 fully saturated rings. The zero-order chi connectivity index (χ0) is 32.2. The van der Waals surface area contributed by atoms with E-state index in [-0.39, 0.29) is 19.3 Å². The molecule has 0 bridgehead atoms. The number of unbranched alkanes of at least 4 members (excludes halogenated alkanes) is 1. The number of para-hydroxylation sites is 1. The Hall–Kier alpha value is -5.01. The first-order valence-electron chi connectivity index (χ1n) is 15.0. The first kappa shape index (κ1) is 32.9. The summed E-state index contributed by atoms with van der Waals surface area (Å²) in [5.74, 6) is -2.38. The number of primary amides is 1. The molecule has 45 heavy (non-hydrogen) atoms. The predicted molar refractivity (Wildman–Crippen MR) is 170 cm³/mol. The number of aromatic nitrogens is 3. The van der Waals surface area contributed by atoms with Gasteiger partial charge in [-0.05, 0) is 43.0 Å². The molecule has 13 heteroatoms. The highest BCUT2D eigenvalue weighted by molar-refractivity contribution is 5.95. The van der Waals surface area contributed by atoms with Gasteiger partial charge in [0, 0.05) is 48.3 Å². The first-order chi connectivity index (χ1) is 21.7. The summed E-state index contributed by atoms with van der Waals surface area (Å²) in [4.78, 5) is 63.0. The second-order valence-corrected chi connectivity index (χ2v) is 11.0. The van der Waals surface area contributed by atoms with Crippen molar-refractivity contribution in [2.24, 2.45) is 17.2 Å². The molecule has 2 aromatic heterocycles. The highest BCUT2D eigenvalue weighted by Crippen LogP contribution is 2.19. The number of imidazole rings is 1. The van der Waals surface area contributed by atoms with E-state index in [2.05, 4.69) is 30.9 Å². The zero-order valence-electron chi connectivity index (χ0n) is 25.0. The number of hydrogen-bond acceptors (Lipinski definition) is 7. The molecule has 0 aliphatic heterocycles. The zero-order valence-corrected chi connectivity index (χ0v) is 25.0. The number of carbonyl (C=O) groups excluding carboxylic acids is 4. The van der Waals surface area contributed by atoms with Gasteiger partial charge in [0.2, 0.25) is 23.6 Å². The maximum absolute atomic E-state index is 13.9. The number of nitrogens with two attached hydrogens (primary N) is 3. The highest BCUT2D eigenvalue weighted by atomic mass is 16.2. The van der Waals surface area contributed by atoms with Gasteiger partial charge in [0.15, 0.2) is 0 Å². The Balaban J connectivity index is 1.57. The largest absolute Gasteiger partial charge is 0.368 e. The van der Waals surface area contributed by atoms with E-state index >= 15 is 0 Å². The van der Waals surface area contributed by atoms with Crippen molar-refractivity contribution in [2.45, 2.75) is 62.7 Å². The van der Waals surface area contributed by atoms with Crippen LogP contribution in [0.15, 0.2) is 73.3 Å². The van der Waals surface area contributed by atoms with E-state index in [0.717, 1.165) is 22.0 Å². The summed E-state index contributed by atoms with van der Waals surface area (Å²) in [6.45, 7) is 0.446. The number of carbonyl (C=O) groups is 4. The molecule has 2 heterocycles. The van der Waals surface area contributed by atoms with Crippen LogP contribution in [0.2, 0.25) is 0 Å². The molecule has 0 aliphatic carbocycles. The SMILES string of the molecule is NCCCCC(NC(=O)C(Cc1ccccc1)NC(=O)C(Cc1c[nH]c2ccccc12)NC(=O)C(N)Cc1cnc[nH]1)C(N)=O. The molecule has 4 atom stereocenters. The van der Waals surface area contributed by atoms with Gasteiger partial charge in [-0.3, -0.25) is 19.2 Å². The van der Waals surface area contributed by atoms with Gasteiger partial charge in [0.1, 0.15) is 18.1 Å². The van der Waals surface area contributed by atoms with Crippen molar-refractivity contribution in [3.05, 3.63) is 90.1 Å². The number of benzene rings is 2. The molecule has 0 spiro atoms. The fraction of sp³-hybridized carbons (Fsp3) is 0.344. The summed E-state index contributed by atoms with van der Waals surface area (Å²) in [6.07, 6.45) is 6.88. The molecule has 2 aromatic carbocycles. The van der Waals surface area contributed by atoms with E-state index in [1.807, 2.05) is 54.6 Å². The van der Waals surface area contributed by atoms with Crippen molar-refractivity contribution < 1.29 is 19.2 Å². The highest BCUT2D eigenvalue weighted by Gasteiger charge is 2.31. The molecule has 0 radical (unpaired) electrons. The van der Waals surface area contributed by atoms with Crippen molar-refractivity contribution in [3.63, 3.8) is 0 Å². The van der Waals surface area contributed by atoms with Gasteiger partial charge in [-0.1, -0.05) is 48.5 Å². The molecule has 13 nitrogen and oxygen atoms in total. The van der Waals surface area contributed by atoms with Gasteiger partial charge in [-0.25, -0.2) is 4.98 Å². The molecule has 11 N–H and O–H groups in total. The van der Waals surface area contributed by atoms with Crippen LogP contribution >= 0.6 is 0 Å². The summed E-state index contributed by atoms with van der Waals surface area (Å²) < 4.78 is 0. The van der Waals surface area contributed by atoms with Crippen LogP contribution in [0.3, 0.4) is 0 Å². The fourth-order valence-corrected chi connectivity index (χ4v) is 5.12. The van der Waals surface area contributed by atoms with E-state index < -0.39 is 47.8 Å². The summed E-state index contributed by atoms with van der Waals surface area (Å²) in [5.41, 5.74) is 20.5. The summed E-state index contributed by atoms with van der Waals surface area (Å²) in [7, 11) is 0. The number of H-pyrrole nitrogens is 2. The van der Waals surface area contributed by atoms with Crippen LogP contribution in [0.25, 0.3) is 10.9 Å². The topological polar surface area (TPSA) is 227 Å². The monoisotopic (exact) mass is 615 g/mol. The standard InChI is InChI=1S/C32H41N9O4/c33-13-7-6-12-26(29(35)42)39-31(44)27(14-20-8-2-1-3-9-20)41-32(45)28(15-21-17-37-25-11-5-4-10-23(21)25)40-30(43)24(34)16-22-18-36-19-38-22/h1-5,8-11,17-19,24,26-28,37H,6-7,12-16,33-34H2,(H2,35,42)(H,36,38)(H,39,44)(H,40,43)(H,41,45). The van der Waals surface area contributed by atoms with Gasteiger partial charge in [-0.2, -0.15) is 0 Å². The minimum absolute atomic E-state index is 0.126. The lowest BCUT2D eigenvalue weighted by Crippen LogP contribution is -2.58. The Kier molecular flexibility index (Phi) is 11.8. The van der Waals surface area contributed by atoms with Gasteiger partial charge in [0.25, 0.3) is 0 Å². The second-order valence-electron chi connectivity index (χ2n) is 11.0. The number of aromatic amines is 2.